The van der Waals surface area contributed by atoms with E-state index in [0.717, 1.165) is 23.6 Å². The largest absolute Gasteiger partial charge is 0.489 e. The van der Waals surface area contributed by atoms with Crippen LogP contribution in [0.15, 0.2) is 60.7 Å². The first kappa shape index (κ1) is 16.7. The van der Waals surface area contributed by atoms with Gasteiger partial charge in [-0.1, -0.05) is 50.9 Å². The molecule has 0 fully saturated rings. The van der Waals surface area contributed by atoms with Gasteiger partial charge in [0.2, 0.25) is 0 Å². The van der Waals surface area contributed by atoms with Crippen molar-refractivity contribution in [1.82, 2.24) is 0 Å². The number of hydrogen-bond donors (Lipinski definition) is 0. The second kappa shape index (κ2) is 8.07. The lowest BCUT2D eigenvalue weighted by molar-refractivity contribution is 0.353. The molecular formula is C18H25OP. The lowest BCUT2D eigenvalue weighted by Crippen LogP contribution is -2.08. The van der Waals surface area contributed by atoms with E-state index in [1.165, 1.54) is 16.5 Å². The van der Waals surface area contributed by atoms with Crippen LogP contribution < -0.4 is 10.0 Å². The van der Waals surface area contributed by atoms with Crippen LogP contribution in [-0.4, -0.2) is 18.9 Å². The lowest BCUT2D eigenvalue weighted by Gasteiger charge is -2.19. The summed E-state index contributed by atoms with van der Waals surface area (Å²) in [6.07, 6.45) is 2.13. The summed E-state index contributed by atoms with van der Waals surface area (Å²) < 4.78 is 5.64. The monoisotopic (exact) mass is 288 g/mol. The molecule has 1 aromatic carbocycles. The first-order valence-corrected chi connectivity index (χ1v) is 8.50. The SMILES string of the molecule is C=C(C)COc1ccc(P(CC(=C)C)CC(=C)C)cc1. The highest BCUT2D eigenvalue weighted by atomic mass is 31.1. The van der Waals surface area contributed by atoms with Crippen LogP contribution in [0.2, 0.25) is 0 Å². The summed E-state index contributed by atoms with van der Waals surface area (Å²) in [5.41, 5.74) is 3.50. The predicted octanol–water partition coefficient (Wildman–Crippen LogP) is 4.90. The Hall–Kier alpha value is -1.33. The molecule has 0 aromatic heterocycles. The van der Waals surface area contributed by atoms with Crippen LogP contribution >= 0.6 is 7.92 Å². The Labute approximate surface area is 124 Å². The highest BCUT2D eigenvalue weighted by Gasteiger charge is 2.11. The smallest absolute Gasteiger partial charge is 0.119 e. The molecule has 0 heterocycles. The van der Waals surface area contributed by atoms with Crippen molar-refractivity contribution in [3.05, 3.63) is 60.7 Å². The van der Waals surface area contributed by atoms with Gasteiger partial charge in [0.25, 0.3) is 0 Å². The fourth-order valence-electron chi connectivity index (χ4n) is 1.85. The average Bonchev–Trinajstić information content (AvgIpc) is 2.35. The van der Waals surface area contributed by atoms with Crippen molar-refractivity contribution < 1.29 is 4.74 Å². The quantitative estimate of drug-likeness (QED) is 0.488. The van der Waals surface area contributed by atoms with Crippen LogP contribution in [0.5, 0.6) is 5.75 Å². The van der Waals surface area contributed by atoms with Crippen LogP contribution in [0.1, 0.15) is 20.8 Å². The molecule has 1 nitrogen and oxygen atoms in total. The molecule has 0 N–H and O–H groups in total. The molecule has 0 aliphatic rings. The fraction of sp³-hybridized carbons (Fsp3) is 0.333. The standard InChI is InChI=1S/C18H25OP/c1-14(2)11-19-17-7-9-18(10-8-17)20(12-15(3)4)13-16(5)6/h7-10H,1,3,5,11-13H2,2,4,6H3. The third kappa shape index (κ3) is 6.21. The Morgan fingerprint density at radius 1 is 0.900 bits per heavy atom. The average molecular weight is 288 g/mol. The van der Waals surface area contributed by atoms with Gasteiger partial charge >= 0.3 is 0 Å². The van der Waals surface area contributed by atoms with E-state index in [0.29, 0.717) is 6.61 Å². The van der Waals surface area contributed by atoms with Gasteiger partial charge in [0, 0.05) is 0 Å². The van der Waals surface area contributed by atoms with Gasteiger partial charge in [-0.05, 0) is 56.1 Å². The first-order valence-electron chi connectivity index (χ1n) is 6.79. The summed E-state index contributed by atoms with van der Waals surface area (Å²) >= 11 is 0. The molecule has 1 aromatic rings. The third-order valence-electron chi connectivity index (χ3n) is 2.61. The Bertz CT molecular complexity index is 469. The zero-order valence-electron chi connectivity index (χ0n) is 12.9. The lowest BCUT2D eigenvalue weighted by atomic mass is 10.3. The van der Waals surface area contributed by atoms with E-state index in [9.17, 15) is 0 Å². The van der Waals surface area contributed by atoms with Gasteiger partial charge in [-0.15, -0.1) is 0 Å². The molecule has 1 rings (SSSR count). The van der Waals surface area contributed by atoms with Crippen LogP contribution in [0.4, 0.5) is 0 Å². The van der Waals surface area contributed by atoms with Crippen LogP contribution in [-0.2, 0) is 0 Å². The zero-order valence-corrected chi connectivity index (χ0v) is 13.8. The molecule has 0 unspecified atom stereocenters. The summed E-state index contributed by atoms with van der Waals surface area (Å²) in [6.45, 7) is 18.7. The minimum absolute atomic E-state index is 0.241. The van der Waals surface area contributed by atoms with E-state index in [-0.39, 0.29) is 7.92 Å². The summed E-state index contributed by atoms with van der Waals surface area (Å²) in [5, 5.41) is 1.38. The fourth-order valence-corrected chi connectivity index (χ4v) is 4.20. The minimum atomic E-state index is -0.241. The molecule has 0 atom stereocenters. The van der Waals surface area contributed by atoms with E-state index in [1.54, 1.807) is 0 Å². The normalized spacial score (nSPS) is 10.4. The van der Waals surface area contributed by atoms with Crippen molar-refractivity contribution in [2.75, 3.05) is 18.9 Å². The Kier molecular flexibility index (Phi) is 6.75. The maximum absolute atomic E-state index is 5.64. The highest BCUT2D eigenvalue weighted by molar-refractivity contribution is 7.66. The summed E-state index contributed by atoms with van der Waals surface area (Å²) in [6, 6.07) is 8.44. The van der Waals surface area contributed by atoms with Crippen LogP contribution in [0, 0.1) is 0 Å². The third-order valence-corrected chi connectivity index (χ3v) is 5.48. The molecule has 0 aliphatic carbocycles. The van der Waals surface area contributed by atoms with Crippen molar-refractivity contribution in [3.63, 3.8) is 0 Å². The van der Waals surface area contributed by atoms with Gasteiger partial charge in [0.1, 0.15) is 12.4 Å². The van der Waals surface area contributed by atoms with Crippen molar-refractivity contribution in [1.29, 1.82) is 0 Å². The molecule has 0 radical (unpaired) electrons. The number of benzene rings is 1. The highest BCUT2D eigenvalue weighted by Crippen LogP contribution is 2.38. The van der Waals surface area contributed by atoms with E-state index < -0.39 is 0 Å². The summed E-state index contributed by atoms with van der Waals surface area (Å²) in [5.74, 6) is 0.900. The van der Waals surface area contributed by atoms with E-state index >= 15 is 0 Å². The molecule has 0 saturated heterocycles. The minimum Gasteiger partial charge on any atom is -0.489 e. The number of rotatable bonds is 8. The van der Waals surface area contributed by atoms with Crippen LogP contribution in [0.3, 0.4) is 0 Å². The maximum Gasteiger partial charge on any atom is 0.119 e. The molecule has 2 heteroatoms. The Morgan fingerprint density at radius 2 is 1.40 bits per heavy atom. The zero-order chi connectivity index (χ0) is 15.1. The Morgan fingerprint density at radius 3 is 1.80 bits per heavy atom. The molecule has 20 heavy (non-hydrogen) atoms. The molecule has 0 aliphatic heterocycles. The van der Waals surface area contributed by atoms with Gasteiger partial charge in [0.05, 0.1) is 0 Å². The van der Waals surface area contributed by atoms with Gasteiger partial charge in [-0.3, -0.25) is 0 Å². The molecule has 0 spiro atoms. The maximum atomic E-state index is 5.64. The van der Waals surface area contributed by atoms with E-state index in [1.807, 2.05) is 19.1 Å². The number of hydrogen-bond acceptors (Lipinski definition) is 1. The summed E-state index contributed by atoms with van der Waals surface area (Å²) in [4.78, 5) is 0. The molecule has 108 valence electrons. The van der Waals surface area contributed by atoms with Crippen molar-refractivity contribution in [3.8, 4) is 5.75 Å². The van der Waals surface area contributed by atoms with Gasteiger partial charge in [-0.25, -0.2) is 0 Å². The molecule has 0 bridgehead atoms. The Balaban J connectivity index is 2.78. The topological polar surface area (TPSA) is 9.23 Å². The molecule has 0 saturated carbocycles. The molecular weight excluding hydrogens is 263 g/mol. The predicted molar refractivity (Wildman–Crippen MR) is 92.7 cm³/mol. The van der Waals surface area contributed by atoms with E-state index in [4.69, 9.17) is 4.74 Å². The first-order chi connectivity index (χ1) is 9.38. The van der Waals surface area contributed by atoms with Crippen LogP contribution in [0.25, 0.3) is 0 Å². The molecule has 0 amide bonds. The van der Waals surface area contributed by atoms with Crippen molar-refractivity contribution in [2.24, 2.45) is 0 Å². The number of ether oxygens (including phenoxy) is 1. The number of allylic oxidation sites excluding steroid dienone is 2. The van der Waals surface area contributed by atoms with Crippen molar-refractivity contribution >= 4 is 13.2 Å². The summed E-state index contributed by atoms with van der Waals surface area (Å²) in [7, 11) is -0.241. The van der Waals surface area contributed by atoms with Crippen molar-refractivity contribution in [2.45, 2.75) is 20.8 Å². The van der Waals surface area contributed by atoms with Gasteiger partial charge < -0.3 is 4.74 Å². The second-order valence-corrected chi connectivity index (χ2v) is 7.74. The van der Waals surface area contributed by atoms with E-state index in [2.05, 4.69) is 45.7 Å². The van der Waals surface area contributed by atoms with Gasteiger partial charge in [-0.2, -0.15) is 0 Å². The van der Waals surface area contributed by atoms with Gasteiger partial charge in [0.15, 0.2) is 0 Å². The second-order valence-electron chi connectivity index (χ2n) is 5.51.